The van der Waals surface area contributed by atoms with Gasteiger partial charge < -0.3 is 9.47 Å². The molecule has 4 nitrogen and oxygen atoms in total. The summed E-state index contributed by atoms with van der Waals surface area (Å²) < 4.78 is 11.4. The molecule has 1 aliphatic heterocycles. The van der Waals surface area contributed by atoms with E-state index in [9.17, 15) is 4.79 Å². The second kappa shape index (κ2) is 7.80. The molecule has 1 atom stereocenters. The number of likely N-dealkylation sites (tertiary alicyclic amines) is 1. The van der Waals surface area contributed by atoms with Gasteiger partial charge in [0, 0.05) is 6.54 Å². The molecule has 0 aliphatic carbocycles. The van der Waals surface area contributed by atoms with Gasteiger partial charge in [0.2, 0.25) is 0 Å². The smallest absolute Gasteiger partial charge is 0.323 e. The van der Waals surface area contributed by atoms with E-state index in [0.29, 0.717) is 6.61 Å². The fourth-order valence-electron chi connectivity index (χ4n) is 2.73. The molecule has 1 aromatic carbocycles. The van der Waals surface area contributed by atoms with Crippen LogP contribution in [0.15, 0.2) is 22.7 Å². The maximum Gasteiger partial charge on any atom is 0.323 e. The molecule has 1 fully saturated rings. The predicted octanol–water partition coefficient (Wildman–Crippen LogP) is 3.38. The van der Waals surface area contributed by atoms with E-state index >= 15 is 0 Å². The van der Waals surface area contributed by atoms with Gasteiger partial charge in [0.05, 0.1) is 18.2 Å². The molecule has 0 radical (unpaired) electrons. The predicted molar refractivity (Wildman–Crippen MR) is 85.4 cm³/mol. The summed E-state index contributed by atoms with van der Waals surface area (Å²) in [4.78, 5) is 14.3. The summed E-state index contributed by atoms with van der Waals surface area (Å²) in [6.45, 7) is 3.99. The minimum atomic E-state index is -0.112. The highest BCUT2D eigenvalue weighted by Gasteiger charge is 2.29. The number of carbonyl (C=O) groups excluding carboxylic acids is 1. The zero-order chi connectivity index (χ0) is 15.2. The first-order valence-corrected chi connectivity index (χ1v) is 8.18. The number of halogens is 1. The number of nitrogens with zero attached hydrogens (tertiary/aromatic N) is 1. The Morgan fingerprint density at radius 2 is 2.24 bits per heavy atom. The molecule has 0 spiro atoms. The van der Waals surface area contributed by atoms with Crippen molar-refractivity contribution in [3.63, 3.8) is 0 Å². The van der Waals surface area contributed by atoms with Crippen molar-refractivity contribution in [2.45, 2.75) is 38.8 Å². The van der Waals surface area contributed by atoms with Crippen molar-refractivity contribution in [1.29, 1.82) is 0 Å². The van der Waals surface area contributed by atoms with Gasteiger partial charge >= 0.3 is 5.97 Å². The summed E-state index contributed by atoms with van der Waals surface area (Å²) in [5, 5.41) is 0. The summed E-state index contributed by atoms with van der Waals surface area (Å²) in [6.07, 6.45) is 3.11. The summed E-state index contributed by atoms with van der Waals surface area (Å²) >= 11 is 3.51. The normalized spacial score (nSPS) is 19.3. The molecule has 1 aliphatic rings. The number of carbonyl (C=O) groups is 1. The molecule has 0 bridgehead atoms. The van der Waals surface area contributed by atoms with Crippen LogP contribution in [0.2, 0.25) is 0 Å². The van der Waals surface area contributed by atoms with Crippen molar-refractivity contribution in [3.05, 3.63) is 28.2 Å². The molecular formula is C16H22BrNO3. The Hall–Kier alpha value is -1.07. The first-order chi connectivity index (χ1) is 10.2. The lowest BCUT2D eigenvalue weighted by Crippen LogP contribution is -2.44. The highest BCUT2D eigenvalue weighted by molar-refractivity contribution is 9.10. The van der Waals surface area contributed by atoms with Crippen LogP contribution in [-0.2, 0) is 16.1 Å². The Morgan fingerprint density at radius 3 is 2.90 bits per heavy atom. The van der Waals surface area contributed by atoms with Crippen LogP contribution in [0.5, 0.6) is 5.75 Å². The Bertz CT molecular complexity index is 492. The summed E-state index contributed by atoms with van der Waals surface area (Å²) in [5.41, 5.74) is 1.17. The quantitative estimate of drug-likeness (QED) is 0.759. The van der Waals surface area contributed by atoms with Gasteiger partial charge in [0.25, 0.3) is 0 Å². The Morgan fingerprint density at radius 1 is 1.43 bits per heavy atom. The number of methoxy groups -OCH3 is 1. The molecule has 5 heteroatoms. The van der Waals surface area contributed by atoms with E-state index in [1.165, 1.54) is 5.56 Å². The molecule has 1 aromatic rings. The standard InChI is InChI=1S/C16H22BrNO3/c1-3-21-16(19)14-6-4-5-9-18(14)11-12-7-8-15(20-2)13(17)10-12/h7-8,10,14H,3-6,9,11H2,1-2H3. The van der Waals surface area contributed by atoms with Crippen LogP contribution in [0.1, 0.15) is 31.7 Å². The van der Waals surface area contributed by atoms with Crippen LogP contribution in [0.3, 0.4) is 0 Å². The molecule has 1 heterocycles. The Kier molecular flexibility index (Phi) is 6.06. The van der Waals surface area contributed by atoms with Crippen molar-refractivity contribution in [2.24, 2.45) is 0 Å². The molecule has 1 unspecified atom stereocenters. The van der Waals surface area contributed by atoms with Crippen molar-refractivity contribution in [2.75, 3.05) is 20.3 Å². The fraction of sp³-hybridized carbons (Fsp3) is 0.562. The molecule has 0 aromatic heterocycles. The second-order valence-electron chi connectivity index (χ2n) is 5.20. The zero-order valence-corrected chi connectivity index (χ0v) is 14.2. The number of ether oxygens (including phenoxy) is 2. The van der Waals surface area contributed by atoms with Crippen molar-refractivity contribution in [1.82, 2.24) is 4.90 Å². The van der Waals surface area contributed by atoms with E-state index in [2.05, 4.69) is 26.9 Å². The van der Waals surface area contributed by atoms with Gasteiger partial charge in [-0.1, -0.05) is 12.5 Å². The monoisotopic (exact) mass is 355 g/mol. The van der Waals surface area contributed by atoms with Crippen LogP contribution in [0, 0.1) is 0 Å². The minimum Gasteiger partial charge on any atom is -0.496 e. The van der Waals surface area contributed by atoms with Gasteiger partial charge in [-0.05, 0) is 59.9 Å². The molecule has 1 saturated heterocycles. The lowest BCUT2D eigenvalue weighted by molar-refractivity contribution is -0.151. The first-order valence-electron chi connectivity index (χ1n) is 7.38. The number of piperidine rings is 1. The van der Waals surface area contributed by atoms with Crippen LogP contribution in [-0.4, -0.2) is 37.2 Å². The topological polar surface area (TPSA) is 38.8 Å². The van der Waals surface area contributed by atoms with Crippen molar-refractivity contribution >= 4 is 21.9 Å². The van der Waals surface area contributed by atoms with E-state index < -0.39 is 0 Å². The van der Waals surface area contributed by atoms with Crippen LogP contribution in [0.4, 0.5) is 0 Å². The van der Waals surface area contributed by atoms with E-state index in [1.54, 1.807) is 7.11 Å². The lowest BCUT2D eigenvalue weighted by atomic mass is 10.0. The first kappa shape index (κ1) is 16.3. The number of benzene rings is 1. The van der Waals surface area contributed by atoms with Crippen LogP contribution in [0.25, 0.3) is 0 Å². The van der Waals surface area contributed by atoms with Crippen molar-refractivity contribution in [3.8, 4) is 5.75 Å². The zero-order valence-electron chi connectivity index (χ0n) is 12.6. The lowest BCUT2D eigenvalue weighted by Gasteiger charge is -2.34. The molecule has 0 N–H and O–H groups in total. The molecular weight excluding hydrogens is 334 g/mol. The summed E-state index contributed by atoms with van der Waals surface area (Å²) in [5.74, 6) is 0.726. The Labute approximate surface area is 134 Å². The maximum absolute atomic E-state index is 12.1. The van der Waals surface area contributed by atoms with Gasteiger partial charge in [0.1, 0.15) is 11.8 Å². The fourth-order valence-corrected chi connectivity index (χ4v) is 3.32. The van der Waals surface area contributed by atoms with E-state index in [-0.39, 0.29) is 12.0 Å². The van der Waals surface area contributed by atoms with Crippen LogP contribution < -0.4 is 4.74 Å². The summed E-state index contributed by atoms with van der Waals surface area (Å²) in [6, 6.07) is 5.93. The van der Waals surface area contributed by atoms with Gasteiger partial charge in [-0.2, -0.15) is 0 Å². The largest absolute Gasteiger partial charge is 0.496 e. The SMILES string of the molecule is CCOC(=O)C1CCCCN1Cc1ccc(OC)c(Br)c1. The minimum absolute atomic E-state index is 0.0928. The average molecular weight is 356 g/mol. The van der Waals surface area contributed by atoms with Crippen molar-refractivity contribution < 1.29 is 14.3 Å². The highest BCUT2D eigenvalue weighted by Crippen LogP contribution is 2.27. The molecule has 116 valence electrons. The third-order valence-corrected chi connectivity index (χ3v) is 4.39. The van der Waals surface area contributed by atoms with Gasteiger partial charge in [-0.15, -0.1) is 0 Å². The van der Waals surface area contributed by atoms with Gasteiger partial charge in [0.15, 0.2) is 0 Å². The average Bonchev–Trinajstić information content (AvgIpc) is 2.48. The number of rotatable bonds is 5. The third-order valence-electron chi connectivity index (χ3n) is 3.77. The van der Waals surface area contributed by atoms with E-state index in [4.69, 9.17) is 9.47 Å². The molecule has 0 amide bonds. The molecule has 2 rings (SSSR count). The van der Waals surface area contributed by atoms with E-state index in [0.717, 1.165) is 42.6 Å². The number of hydrogen-bond donors (Lipinski definition) is 0. The molecule has 21 heavy (non-hydrogen) atoms. The third kappa shape index (κ3) is 4.20. The molecule has 0 saturated carbocycles. The number of esters is 1. The van der Waals surface area contributed by atoms with Crippen LogP contribution >= 0.6 is 15.9 Å². The summed E-state index contributed by atoms with van der Waals surface area (Å²) in [7, 11) is 1.65. The maximum atomic E-state index is 12.1. The number of hydrogen-bond acceptors (Lipinski definition) is 4. The second-order valence-corrected chi connectivity index (χ2v) is 6.06. The van der Waals surface area contributed by atoms with Gasteiger partial charge in [-0.25, -0.2) is 0 Å². The highest BCUT2D eigenvalue weighted by atomic mass is 79.9. The van der Waals surface area contributed by atoms with E-state index in [1.807, 2.05) is 19.1 Å². The Balaban J connectivity index is 2.08. The van der Waals surface area contributed by atoms with Gasteiger partial charge in [-0.3, -0.25) is 9.69 Å².